The van der Waals surface area contributed by atoms with Crippen LogP contribution in [-0.2, 0) is 16.8 Å². The van der Waals surface area contributed by atoms with Crippen LogP contribution in [0.1, 0.15) is 55.2 Å². The fourth-order valence-corrected chi connectivity index (χ4v) is 4.38. The number of carbonyl (C=O) groups is 2. The summed E-state index contributed by atoms with van der Waals surface area (Å²) in [6, 6.07) is 19.0. The molecule has 8 nitrogen and oxygen atoms in total. The van der Waals surface area contributed by atoms with Gasteiger partial charge in [0.15, 0.2) is 5.82 Å². The van der Waals surface area contributed by atoms with Crippen molar-refractivity contribution >= 4 is 17.7 Å². The monoisotopic (exact) mass is 481 g/mol. The first-order valence-corrected chi connectivity index (χ1v) is 11.8. The van der Waals surface area contributed by atoms with Crippen molar-refractivity contribution in [2.45, 2.75) is 45.7 Å². The van der Waals surface area contributed by atoms with Gasteiger partial charge in [0.1, 0.15) is 17.8 Å². The second kappa shape index (κ2) is 8.71. The van der Waals surface area contributed by atoms with E-state index in [1.54, 1.807) is 25.1 Å². The minimum atomic E-state index is -1.02. The van der Waals surface area contributed by atoms with E-state index in [1.165, 1.54) is 0 Å². The maximum Gasteiger partial charge on any atom is 0.313 e. The summed E-state index contributed by atoms with van der Waals surface area (Å²) in [5, 5.41) is 17.9. The SMILES string of the molecule is CC(C)n1cnnc1-c1cccc(N2Cc3ccc(-c4cccc(C(C)(C)C(=O)O)c4)cc3C2=O)n1. The van der Waals surface area contributed by atoms with Crippen LogP contribution in [0.4, 0.5) is 5.82 Å². The van der Waals surface area contributed by atoms with Crippen molar-refractivity contribution in [2.75, 3.05) is 4.90 Å². The standard InChI is InChI=1S/C28H27N5O3/c1-17(2)33-16-29-31-25(33)23-9-6-10-24(30-23)32-15-20-12-11-19(14-22(20)26(32)34)18-7-5-8-21(13-18)28(3,4)27(35)36/h5-14,16-17H,15H2,1-4H3,(H,35,36). The molecule has 8 heteroatoms. The van der Waals surface area contributed by atoms with Gasteiger partial charge in [-0.25, -0.2) is 4.98 Å². The molecule has 2 aromatic carbocycles. The van der Waals surface area contributed by atoms with Gasteiger partial charge in [-0.2, -0.15) is 0 Å². The number of carboxylic acid groups (broad SMARTS) is 1. The van der Waals surface area contributed by atoms with Crippen molar-refractivity contribution in [1.82, 2.24) is 19.7 Å². The number of rotatable bonds is 6. The number of carbonyl (C=O) groups excluding carboxylic acids is 1. The summed E-state index contributed by atoms with van der Waals surface area (Å²) in [5.41, 5.74) is 3.60. The lowest BCUT2D eigenvalue weighted by Crippen LogP contribution is -2.28. The van der Waals surface area contributed by atoms with E-state index in [4.69, 9.17) is 4.98 Å². The predicted octanol–water partition coefficient (Wildman–Crippen LogP) is 5.11. The van der Waals surface area contributed by atoms with Crippen LogP contribution in [0.2, 0.25) is 0 Å². The minimum Gasteiger partial charge on any atom is -0.481 e. The third-order valence-corrected chi connectivity index (χ3v) is 6.74. The molecule has 1 aliphatic heterocycles. The molecule has 0 fully saturated rings. The summed E-state index contributed by atoms with van der Waals surface area (Å²) in [6.07, 6.45) is 1.68. The van der Waals surface area contributed by atoms with E-state index in [1.807, 2.05) is 79.1 Å². The van der Waals surface area contributed by atoms with Gasteiger partial charge in [0.05, 0.1) is 12.0 Å². The Kier molecular flexibility index (Phi) is 5.67. The first-order chi connectivity index (χ1) is 17.2. The van der Waals surface area contributed by atoms with Gasteiger partial charge in [0, 0.05) is 11.6 Å². The van der Waals surface area contributed by atoms with Crippen molar-refractivity contribution in [3.8, 4) is 22.6 Å². The average molecular weight is 482 g/mol. The number of benzene rings is 2. The van der Waals surface area contributed by atoms with E-state index in [0.717, 1.165) is 16.7 Å². The van der Waals surface area contributed by atoms with Crippen molar-refractivity contribution in [1.29, 1.82) is 0 Å². The third-order valence-electron chi connectivity index (χ3n) is 6.74. The Labute approximate surface area is 209 Å². The highest BCUT2D eigenvalue weighted by molar-refractivity contribution is 6.10. The molecule has 0 atom stereocenters. The molecule has 3 heterocycles. The van der Waals surface area contributed by atoms with Crippen LogP contribution in [0.25, 0.3) is 22.6 Å². The molecular formula is C28H27N5O3. The van der Waals surface area contributed by atoms with Gasteiger partial charge in [-0.15, -0.1) is 10.2 Å². The molecule has 0 aliphatic carbocycles. The maximum absolute atomic E-state index is 13.4. The number of amides is 1. The Hall–Kier alpha value is -4.33. The predicted molar refractivity (Wildman–Crippen MR) is 137 cm³/mol. The second-order valence-electron chi connectivity index (χ2n) is 9.81. The molecule has 2 aromatic heterocycles. The molecule has 0 saturated heterocycles. The summed E-state index contributed by atoms with van der Waals surface area (Å²) >= 11 is 0. The normalized spacial score (nSPS) is 13.4. The minimum absolute atomic E-state index is 0.121. The second-order valence-corrected chi connectivity index (χ2v) is 9.81. The summed E-state index contributed by atoms with van der Waals surface area (Å²) < 4.78 is 1.94. The lowest BCUT2D eigenvalue weighted by atomic mass is 9.83. The molecule has 182 valence electrons. The number of aliphatic carboxylic acids is 1. The molecule has 0 bridgehead atoms. The highest BCUT2D eigenvalue weighted by atomic mass is 16.4. The van der Waals surface area contributed by atoms with E-state index in [2.05, 4.69) is 10.2 Å². The Bertz CT molecular complexity index is 1490. The van der Waals surface area contributed by atoms with Crippen LogP contribution in [0.3, 0.4) is 0 Å². The van der Waals surface area contributed by atoms with Gasteiger partial charge in [0.25, 0.3) is 5.91 Å². The number of hydrogen-bond acceptors (Lipinski definition) is 5. The van der Waals surface area contributed by atoms with Crippen LogP contribution in [0.15, 0.2) is 67.0 Å². The van der Waals surface area contributed by atoms with E-state index in [9.17, 15) is 14.7 Å². The number of aromatic nitrogens is 4. The van der Waals surface area contributed by atoms with Crippen molar-refractivity contribution in [3.63, 3.8) is 0 Å². The zero-order chi connectivity index (χ0) is 25.6. The Morgan fingerprint density at radius 1 is 1.03 bits per heavy atom. The fraction of sp³-hybridized carbons (Fsp3) is 0.250. The zero-order valence-corrected chi connectivity index (χ0v) is 20.6. The maximum atomic E-state index is 13.4. The van der Waals surface area contributed by atoms with Gasteiger partial charge in [-0.1, -0.05) is 42.5 Å². The van der Waals surface area contributed by atoms with Crippen LogP contribution in [0, 0.1) is 0 Å². The first kappa shape index (κ1) is 23.4. The van der Waals surface area contributed by atoms with Gasteiger partial charge >= 0.3 is 5.97 Å². The number of nitrogens with zero attached hydrogens (tertiary/aromatic N) is 5. The summed E-state index contributed by atoms with van der Waals surface area (Å²) in [6.45, 7) is 7.89. The van der Waals surface area contributed by atoms with Gasteiger partial charge in [-0.3, -0.25) is 14.5 Å². The number of hydrogen-bond donors (Lipinski definition) is 1. The smallest absolute Gasteiger partial charge is 0.313 e. The molecule has 36 heavy (non-hydrogen) atoms. The number of fused-ring (bicyclic) bond motifs is 1. The molecule has 5 rings (SSSR count). The van der Waals surface area contributed by atoms with E-state index < -0.39 is 11.4 Å². The number of carboxylic acids is 1. The van der Waals surface area contributed by atoms with Gasteiger partial charge in [-0.05, 0) is 68.1 Å². The molecule has 0 saturated carbocycles. The van der Waals surface area contributed by atoms with Crippen molar-refractivity contribution < 1.29 is 14.7 Å². The topological polar surface area (TPSA) is 101 Å². The Balaban J connectivity index is 1.46. The van der Waals surface area contributed by atoms with E-state index in [0.29, 0.717) is 35.0 Å². The molecular weight excluding hydrogens is 454 g/mol. The van der Waals surface area contributed by atoms with Crippen molar-refractivity contribution in [2.24, 2.45) is 0 Å². The van der Waals surface area contributed by atoms with Crippen LogP contribution in [-0.4, -0.2) is 36.7 Å². The van der Waals surface area contributed by atoms with Gasteiger partial charge < -0.3 is 9.67 Å². The molecule has 0 spiro atoms. The summed E-state index contributed by atoms with van der Waals surface area (Å²) in [4.78, 5) is 31.6. The lowest BCUT2D eigenvalue weighted by Gasteiger charge is -2.20. The average Bonchev–Trinajstić information content (AvgIpc) is 3.49. The third kappa shape index (κ3) is 3.94. The van der Waals surface area contributed by atoms with Crippen LogP contribution < -0.4 is 4.90 Å². The fourth-order valence-electron chi connectivity index (χ4n) is 4.38. The van der Waals surface area contributed by atoms with Crippen molar-refractivity contribution in [3.05, 3.63) is 83.7 Å². The summed E-state index contributed by atoms with van der Waals surface area (Å²) in [7, 11) is 0. The zero-order valence-electron chi connectivity index (χ0n) is 20.6. The van der Waals surface area contributed by atoms with Crippen LogP contribution >= 0.6 is 0 Å². The number of pyridine rings is 1. The highest BCUT2D eigenvalue weighted by Gasteiger charge is 2.31. The highest BCUT2D eigenvalue weighted by Crippen LogP contribution is 2.33. The molecule has 0 unspecified atom stereocenters. The molecule has 1 amide bonds. The largest absolute Gasteiger partial charge is 0.481 e. The molecule has 0 radical (unpaired) electrons. The Morgan fingerprint density at radius 2 is 1.78 bits per heavy atom. The lowest BCUT2D eigenvalue weighted by molar-refractivity contribution is -0.142. The Morgan fingerprint density at radius 3 is 2.53 bits per heavy atom. The van der Waals surface area contributed by atoms with Crippen LogP contribution in [0.5, 0.6) is 0 Å². The first-order valence-electron chi connectivity index (χ1n) is 11.8. The van der Waals surface area contributed by atoms with E-state index >= 15 is 0 Å². The van der Waals surface area contributed by atoms with Gasteiger partial charge in [0.2, 0.25) is 0 Å². The summed E-state index contributed by atoms with van der Waals surface area (Å²) in [5.74, 6) is 0.200. The molecule has 1 N–H and O–H groups in total. The quantitative estimate of drug-likeness (QED) is 0.411. The van der Waals surface area contributed by atoms with E-state index in [-0.39, 0.29) is 11.9 Å². The number of anilines is 1. The molecule has 4 aromatic rings. The molecule has 1 aliphatic rings.